The molecule has 0 spiro atoms. The van der Waals surface area contributed by atoms with E-state index in [1.165, 1.54) is 69.8 Å². The molecule has 0 bridgehead atoms. The second-order valence-electron chi connectivity index (χ2n) is 11.8. The SMILES string of the molecule is CCCC1CCC(c2ccc(C[C@@H](C)c3c(F)cc(C4CCC(CCC)CC4)cc3F)cc2)CC1. The lowest BCUT2D eigenvalue weighted by atomic mass is 9.76. The van der Waals surface area contributed by atoms with Gasteiger partial charge in [0.1, 0.15) is 11.6 Å². The van der Waals surface area contributed by atoms with E-state index in [1.807, 2.05) is 6.92 Å². The molecule has 35 heavy (non-hydrogen) atoms. The number of hydrogen-bond donors (Lipinski definition) is 0. The lowest BCUT2D eigenvalue weighted by molar-refractivity contribution is 0.307. The van der Waals surface area contributed by atoms with Crippen molar-refractivity contribution in [1.82, 2.24) is 0 Å². The van der Waals surface area contributed by atoms with Gasteiger partial charge in [-0.2, -0.15) is 0 Å². The van der Waals surface area contributed by atoms with E-state index in [-0.39, 0.29) is 23.1 Å². The Morgan fingerprint density at radius 1 is 0.686 bits per heavy atom. The van der Waals surface area contributed by atoms with Crippen LogP contribution in [0, 0.1) is 23.5 Å². The third kappa shape index (κ3) is 6.75. The molecule has 0 amide bonds. The summed E-state index contributed by atoms with van der Waals surface area (Å²) in [6.45, 7) is 6.49. The largest absolute Gasteiger partial charge is 0.207 e. The highest BCUT2D eigenvalue weighted by atomic mass is 19.1. The van der Waals surface area contributed by atoms with E-state index >= 15 is 8.78 Å². The molecule has 1 atom stereocenters. The van der Waals surface area contributed by atoms with Crippen LogP contribution in [0.15, 0.2) is 36.4 Å². The molecule has 4 rings (SSSR count). The third-order valence-corrected chi connectivity index (χ3v) is 9.15. The van der Waals surface area contributed by atoms with Gasteiger partial charge in [0.15, 0.2) is 0 Å². The van der Waals surface area contributed by atoms with E-state index < -0.39 is 0 Å². The average Bonchev–Trinajstić information content (AvgIpc) is 2.85. The molecule has 0 heterocycles. The van der Waals surface area contributed by atoms with Gasteiger partial charge in [-0.15, -0.1) is 0 Å². The van der Waals surface area contributed by atoms with E-state index in [9.17, 15) is 0 Å². The first-order valence-electron chi connectivity index (χ1n) is 14.6. The predicted molar refractivity (Wildman–Crippen MR) is 144 cm³/mol. The fourth-order valence-corrected chi connectivity index (χ4v) is 7.08. The number of benzene rings is 2. The summed E-state index contributed by atoms with van der Waals surface area (Å²) in [4.78, 5) is 0. The molecule has 0 radical (unpaired) electrons. The molecule has 0 nitrogen and oxygen atoms in total. The molecule has 2 aliphatic rings. The standard InChI is InChI=1S/C33H46F2/c1-4-6-24-8-14-27(15-9-24)28-18-12-26(13-19-28)20-23(3)33-31(34)21-30(22-32(33)35)29-16-10-25(7-5-2)11-17-29/h12-13,18-19,21-25,27,29H,4-11,14-17,20H2,1-3H3/t23-,24?,25?,27?,29?/m1/s1. The summed E-state index contributed by atoms with van der Waals surface area (Å²) >= 11 is 0. The maximum absolute atomic E-state index is 15.2. The van der Waals surface area contributed by atoms with Gasteiger partial charge in [-0.25, -0.2) is 8.78 Å². The number of halogens is 2. The van der Waals surface area contributed by atoms with Crippen molar-refractivity contribution in [3.63, 3.8) is 0 Å². The topological polar surface area (TPSA) is 0 Å². The van der Waals surface area contributed by atoms with Gasteiger partial charge in [-0.3, -0.25) is 0 Å². The molecule has 0 aromatic heterocycles. The van der Waals surface area contributed by atoms with Crippen LogP contribution in [0.4, 0.5) is 8.78 Å². The van der Waals surface area contributed by atoms with Crippen LogP contribution >= 0.6 is 0 Å². The van der Waals surface area contributed by atoms with Crippen molar-refractivity contribution in [2.75, 3.05) is 0 Å². The van der Waals surface area contributed by atoms with Crippen molar-refractivity contribution in [3.8, 4) is 0 Å². The fraction of sp³-hybridized carbons (Fsp3) is 0.636. The van der Waals surface area contributed by atoms with Crippen LogP contribution in [0.3, 0.4) is 0 Å². The van der Waals surface area contributed by atoms with Gasteiger partial charge in [0, 0.05) is 5.56 Å². The minimum atomic E-state index is -0.358. The zero-order chi connectivity index (χ0) is 24.8. The monoisotopic (exact) mass is 480 g/mol. The first-order chi connectivity index (χ1) is 17.0. The number of hydrogen-bond acceptors (Lipinski definition) is 0. The molecule has 0 aliphatic heterocycles. The first-order valence-corrected chi connectivity index (χ1v) is 14.6. The van der Waals surface area contributed by atoms with E-state index in [2.05, 4.69) is 38.1 Å². The van der Waals surface area contributed by atoms with Gasteiger partial charge in [0.2, 0.25) is 0 Å². The molecular formula is C33H46F2. The Balaban J connectivity index is 1.36. The molecular weight excluding hydrogens is 434 g/mol. The molecule has 2 aromatic carbocycles. The molecule has 192 valence electrons. The molecule has 0 unspecified atom stereocenters. The molecule has 2 aromatic rings. The van der Waals surface area contributed by atoms with Gasteiger partial charge >= 0.3 is 0 Å². The summed E-state index contributed by atoms with van der Waals surface area (Å²) in [7, 11) is 0. The normalized spacial score (nSPS) is 26.0. The van der Waals surface area contributed by atoms with Crippen molar-refractivity contribution < 1.29 is 8.78 Å². The summed E-state index contributed by atoms with van der Waals surface area (Å²) in [6.07, 6.45) is 15.6. The average molecular weight is 481 g/mol. The van der Waals surface area contributed by atoms with Crippen LogP contribution in [0.25, 0.3) is 0 Å². The fourth-order valence-electron chi connectivity index (χ4n) is 7.08. The molecule has 0 saturated heterocycles. The van der Waals surface area contributed by atoms with Gasteiger partial charge in [-0.1, -0.05) is 70.7 Å². The Labute approximate surface area is 212 Å². The van der Waals surface area contributed by atoms with Crippen LogP contribution in [-0.4, -0.2) is 0 Å². The van der Waals surface area contributed by atoms with Crippen LogP contribution < -0.4 is 0 Å². The highest BCUT2D eigenvalue weighted by Crippen LogP contribution is 2.40. The minimum Gasteiger partial charge on any atom is -0.207 e. The van der Waals surface area contributed by atoms with Gasteiger partial charge in [0.25, 0.3) is 0 Å². The van der Waals surface area contributed by atoms with Gasteiger partial charge in [0.05, 0.1) is 0 Å². The summed E-state index contributed by atoms with van der Waals surface area (Å²) in [6, 6.07) is 12.2. The predicted octanol–water partition coefficient (Wildman–Crippen LogP) is 10.5. The Bertz CT molecular complexity index is 892. The van der Waals surface area contributed by atoms with Gasteiger partial charge in [-0.05, 0) is 116 Å². The summed E-state index contributed by atoms with van der Waals surface area (Å²) < 4.78 is 30.3. The zero-order valence-electron chi connectivity index (χ0n) is 22.3. The number of rotatable bonds is 9. The Morgan fingerprint density at radius 3 is 1.60 bits per heavy atom. The van der Waals surface area contributed by atoms with Crippen LogP contribution in [-0.2, 0) is 6.42 Å². The van der Waals surface area contributed by atoms with Crippen molar-refractivity contribution in [3.05, 3.63) is 70.3 Å². The highest BCUT2D eigenvalue weighted by molar-refractivity contribution is 5.33. The molecule has 2 aliphatic carbocycles. The minimum absolute atomic E-state index is 0.181. The van der Waals surface area contributed by atoms with Crippen molar-refractivity contribution >= 4 is 0 Å². The summed E-state index contributed by atoms with van der Waals surface area (Å²) in [5.41, 5.74) is 3.72. The van der Waals surface area contributed by atoms with Gasteiger partial charge < -0.3 is 0 Å². The lowest BCUT2D eigenvalue weighted by Crippen LogP contribution is -2.14. The summed E-state index contributed by atoms with van der Waals surface area (Å²) in [5.74, 6) is 1.80. The Morgan fingerprint density at radius 2 is 1.14 bits per heavy atom. The maximum Gasteiger partial charge on any atom is 0.129 e. The molecule has 2 heteroatoms. The zero-order valence-corrected chi connectivity index (χ0v) is 22.3. The van der Waals surface area contributed by atoms with Crippen LogP contribution in [0.5, 0.6) is 0 Å². The maximum atomic E-state index is 15.2. The van der Waals surface area contributed by atoms with Crippen LogP contribution in [0.2, 0.25) is 0 Å². The van der Waals surface area contributed by atoms with E-state index in [1.54, 1.807) is 12.1 Å². The first kappa shape index (κ1) is 26.4. The second-order valence-corrected chi connectivity index (χ2v) is 11.8. The van der Waals surface area contributed by atoms with Crippen molar-refractivity contribution in [2.45, 2.75) is 122 Å². The third-order valence-electron chi connectivity index (χ3n) is 9.15. The summed E-state index contributed by atoms with van der Waals surface area (Å²) in [5, 5.41) is 0. The van der Waals surface area contributed by atoms with E-state index in [0.717, 1.165) is 35.8 Å². The molecule has 2 fully saturated rings. The van der Waals surface area contributed by atoms with E-state index in [0.29, 0.717) is 18.3 Å². The second kappa shape index (κ2) is 12.5. The highest BCUT2D eigenvalue weighted by Gasteiger charge is 2.26. The molecule has 0 N–H and O–H groups in total. The van der Waals surface area contributed by atoms with Crippen molar-refractivity contribution in [1.29, 1.82) is 0 Å². The molecule has 2 saturated carbocycles. The lowest BCUT2D eigenvalue weighted by Gasteiger charge is -2.29. The van der Waals surface area contributed by atoms with Crippen molar-refractivity contribution in [2.24, 2.45) is 11.8 Å². The Hall–Kier alpha value is -1.70. The quantitative estimate of drug-likeness (QED) is 0.335. The van der Waals surface area contributed by atoms with E-state index in [4.69, 9.17) is 0 Å². The van der Waals surface area contributed by atoms with Crippen LogP contribution in [0.1, 0.15) is 138 Å². The Kier molecular flexibility index (Phi) is 9.42. The smallest absolute Gasteiger partial charge is 0.129 e.